The number of phenolic OH excluding ortho intramolecular Hbond substituents is 1. The molecule has 35 heavy (non-hydrogen) atoms. The number of amides is 1. The molecule has 0 fully saturated rings. The van der Waals surface area contributed by atoms with E-state index in [1.165, 1.54) is 25.5 Å². The summed E-state index contributed by atoms with van der Waals surface area (Å²) in [5, 5.41) is 13.9. The van der Waals surface area contributed by atoms with Crippen molar-refractivity contribution in [1.29, 1.82) is 0 Å². The molecule has 3 aromatic rings. The topological polar surface area (TPSA) is 108 Å². The summed E-state index contributed by atoms with van der Waals surface area (Å²) in [5.74, 6) is -0.438. The van der Waals surface area contributed by atoms with Gasteiger partial charge in [0.15, 0.2) is 11.5 Å². The Labute approximate surface area is 213 Å². The van der Waals surface area contributed by atoms with Gasteiger partial charge in [-0.15, -0.1) is 0 Å². The van der Waals surface area contributed by atoms with Crippen molar-refractivity contribution in [3.63, 3.8) is 0 Å². The smallest absolute Gasteiger partial charge is 0.264 e. The molecule has 1 amide bonds. The van der Waals surface area contributed by atoms with Gasteiger partial charge >= 0.3 is 0 Å². The second kappa shape index (κ2) is 11.4. The van der Waals surface area contributed by atoms with E-state index >= 15 is 0 Å². The normalized spacial score (nSPS) is 11.4. The average Bonchev–Trinajstić information content (AvgIpc) is 2.84. The molecule has 10 heteroatoms. The van der Waals surface area contributed by atoms with Gasteiger partial charge in [0, 0.05) is 0 Å². The lowest BCUT2D eigenvalue weighted by atomic mass is 10.1. The van der Waals surface area contributed by atoms with Crippen molar-refractivity contribution >= 4 is 43.8 Å². The summed E-state index contributed by atoms with van der Waals surface area (Å²) in [6, 6.07) is 16.7. The van der Waals surface area contributed by atoms with Crippen molar-refractivity contribution in [3.05, 3.63) is 81.8 Å². The van der Waals surface area contributed by atoms with E-state index in [4.69, 9.17) is 4.74 Å². The molecular formula is C25H26BrN3O5S. The first kappa shape index (κ1) is 26.2. The first-order chi connectivity index (χ1) is 16.7. The summed E-state index contributed by atoms with van der Waals surface area (Å²) in [4.78, 5) is 12.9. The zero-order chi connectivity index (χ0) is 25.6. The molecule has 0 saturated carbocycles. The second-order valence-electron chi connectivity index (χ2n) is 7.65. The van der Waals surface area contributed by atoms with Crippen LogP contribution in [0.2, 0.25) is 0 Å². The number of hydrogen-bond acceptors (Lipinski definition) is 6. The van der Waals surface area contributed by atoms with E-state index in [2.05, 4.69) is 26.5 Å². The number of aryl methyl sites for hydroxylation is 2. The Balaban J connectivity index is 1.88. The highest BCUT2D eigenvalue weighted by atomic mass is 79.9. The van der Waals surface area contributed by atoms with Crippen molar-refractivity contribution < 1.29 is 23.1 Å². The van der Waals surface area contributed by atoms with Crippen LogP contribution in [0.3, 0.4) is 0 Å². The molecule has 0 aromatic heterocycles. The van der Waals surface area contributed by atoms with E-state index in [1.807, 2.05) is 26.0 Å². The number of anilines is 1. The molecule has 184 valence electrons. The lowest BCUT2D eigenvalue weighted by Gasteiger charge is -2.25. The summed E-state index contributed by atoms with van der Waals surface area (Å²) in [5.41, 5.74) is 5.08. The molecule has 0 saturated heterocycles. The van der Waals surface area contributed by atoms with E-state index in [9.17, 15) is 18.3 Å². The zero-order valence-electron chi connectivity index (χ0n) is 19.5. The number of hydrogen-bond donors (Lipinski definition) is 2. The van der Waals surface area contributed by atoms with Gasteiger partial charge in [-0.05, 0) is 70.7 Å². The van der Waals surface area contributed by atoms with Crippen LogP contribution in [0.1, 0.15) is 23.6 Å². The Morgan fingerprint density at radius 3 is 2.51 bits per heavy atom. The molecule has 0 unspecified atom stereocenters. The summed E-state index contributed by atoms with van der Waals surface area (Å²) in [6.07, 6.45) is 1.96. The minimum absolute atomic E-state index is 0.0553. The third kappa shape index (κ3) is 6.20. The fraction of sp³-hybridized carbons (Fsp3) is 0.200. The largest absolute Gasteiger partial charge is 0.503 e. The number of para-hydroxylation sites is 1. The maximum Gasteiger partial charge on any atom is 0.264 e. The molecule has 0 bridgehead atoms. The number of sulfonamides is 1. The molecule has 0 aliphatic carbocycles. The highest BCUT2D eigenvalue weighted by Crippen LogP contribution is 2.34. The predicted molar refractivity (Wildman–Crippen MR) is 140 cm³/mol. The lowest BCUT2D eigenvalue weighted by Crippen LogP contribution is -2.40. The number of methoxy groups -OCH3 is 1. The van der Waals surface area contributed by atoms with Gasteiger partial charge in [-0.25, -0.2) is 13.8 Å². The fourth-order valence-electron chi connectivity index (χ4n) is 3.36. The van der Waals surface area contributed by atoms with Gasteiger partial charge in [-0.3, -0.25) is 9.10 Å². The van der Waals surface area contributed by atoms with Gasteiger partial charge in [0.05, 0.1) is 28.4 Å². The van der Waals surface area contributed by atoms with Crippen LogP contribution in [0.5, 0.6) is 11.5 Å². The molecule has 3 aromatic carbocycles. The number of rotatable bonds is 9. The van der Waals surface area contributed by atoms with Crippen LogP contribution >= 0.6 is 15.9 Å². The number of hydrazone groups is 1. The van der Waals surface area contributed by atoms with Crippen LogP contribution in [0.4, 0.5) is 5.69 Å². The summed E-state index contributed by atoms with van der Waals surface area (Å²) in [7, 11) is -2.61. The Hall–Kier alpha value is -3.37. The van der Waals surface area contributed by atoms with Crippen molar-refractivity contribution in [1.82, 2.24) is 5.43 Å². The first-order valence-electron chi connectivity index (χ1n) is 10.7. The van der Waals surface area contributed by atoms with E-state index in [-0.39, 0.29) is 16.4 Å². The maximum atomic E-state index is 13.5. The number of halogens is 1. The van der Waals surface area contributed by atoms with Gasteiger partial charge in [0.25, 0.3) is 15.9 Å². The lowest BCUT2D eigenvalue weighted by molar-refractivity contribution is -0.119. The van der Waals surface area contributed by atoms with Crippen LogP contribution in [-0.2, 0) is 21.2 Å². The molecule has 8 nitrogen and oxygen atoms in total. The van der Waals surface area contributed by atoms with Crippen molar-refractivity contribution in [3.8, 4) is 11.5 Å². The predicted octanol–water partition coefficient (Wildman–Crippen LogP) is 4.38. The minimum atomic E-state index is -4.03. The van der Waals surface area contributed by atoms with Crippen LogP contribution in [0.15, 0.2) is 75.1 Å². The number of carbonyl (C=O) groups excluding carboxylic acids is 1. The standard InChI is InChI=1S/C25H26BrN3O5S/c1-4-19-7-5-6-8-22(19)29(35(32,33)20-11-9-17(2)10-12-20)16-24(30)28-27-15-18-13-21(26)25(31)23(14-18)34-3/h5-15,31H,4,16H2,1-3H3,(H,28,30). The minimum Gasteiger partial charge on any atom is -0.503 e. The molecule has 0 atom stereocenters. The van der Waals surface area contributed by atoms with Gasteiger partial charge in [-0.2, -0.15) is 5.10 Å². The Bertz CT molecular complexity index is 1340. The van der Waals surface area contributed by atoms with Gasteiger partial charge in [0.2, 0.25) is 0 Å². The summed E-state index contributed by atoms with van der Waals surface area (Å²) < 4.78 is 33.7. The zero-order valence-corrected chi connectivity index (χ0v) is 21.9. The van der Waals surface area contributed by atoms with Gasteiger partial charge in [0.1, 0.15) is 6.54 Å². The van der Waals surface area contributed by atoms with Gasteiger partial charge in [-0.1, -0.05) is 42.8 Å². The molecule has 0 radical (unpaired) electrons. The second-order valence-corrected chi connectivity index (χ2v) is 10.4. The molecular weight excluding hydrogens is 534 g/mol. The number of phenols is 1. The molecule has 0 aliphatic heterocycles. The van der Waals surface area contributed by atoms with Crippen LogP contribution < -0.4 is 14.5 Å². The van der Waals surface area contributed by atoms with Crippen LogP contribution in [0.25, 0.3) is 0 Å². The van der Waals surface area contributed by atoms with Crippen molar-refractivity contribution in [2.24, 2.45) is 5.10 Å². The van der Waals surface area contributed by atoms with Crippen LogP contribution in [0, 0.1) is 6.92 Å². The number of benzene rings is 3. The van der Waals surface area contributed by atoms with E-state index in [1.54, 1.807) is 36.4 Å². The number of nitrogens with one attached hydrogen (secondary N) is 1. The van der Waals surface area contributed by atoms with Crippen molar-refractivity contribution in [2.45, 2.75) is 25.2 Å². The number of nitrogens with zero attached hydrogens (tertiary/aromatic N) is 2. The number of aromatic hydroxyl groups is 1. The van der Waals surface area contributed by atoms with Gasteiger partial charge < -0.3 is 9.84 Å². The average molecular weight is 560 g/mol. The SMILES string of the molecule is CCc1ccccc1N(CC(=O)NN=Cc1cc(Br)c(O)c(OC)c1)S(=O)(=O)c1ccc(C)cc1. The highest BCUT2D eigenvalue weighted by molar-refractivity contribution is 9.10. The Morgan fingerprint density at radius 1 is 1.17 bits per heavy atom. The Morgan fingerprint density at radius 2 is 1.86 bits per heavy atom. The highest BCUT2D eigenvalue weighted by Gasteiger charge is 2.28. The summed E-state index contributed by atoms with van der Waals surface area (Å²) in [6.45, 7) is 3.32. The quantitative estimate of drug-likeness (QED) is 0.298. The maximum absolute atomic E-state index is 13.5. The third-order valence-corrected chi connectivity index (χ3v) is 7.59. The van der Waals surface area contributed by atoms with Crippen LogP contribution in [-0.4, -0.2) is 39.3 Å². The Kier molecular flexibility index (Phi) is 8.52. The monoisotopic (exact) mass is 559 g/mol. The van der Waals surface area contributed by atoms with E-state index < -0.39 is 22.5 Å². The fourth-order valence-corrected chi connectivity index (χ4v) is 5.28. The third-order valence-electron chi connectivity index (χ3n) is 5.21. The summed E-state index contributed by atoms with van der Waals surface area (Å²) >= 11 is 3.23. The first-order valence-corrected chi connectivity index (χ1v) is 13.0. The molecule has 0 aliphatic rings. The number of carbonyl (C=O) groups is 1. The molecule has 0 spiro atoms. The van der Waals surface area contributed by atoms with Crippen molar-refractivity contribution in [2.75, 3.05) is 18.0 Å². The van der Waals surface area contributed by atoms with E-state index in [0.29, 0.717) is 22.1 Å². The molecule has 2 N–H and O–H groups in total. The number of ether oxygens (including phenoxy) is 1. The molecule has 3 rings (SSSR count). The van der Waals surface area contributed by atoms with E-state index in [0.717, 1.165) is 15.4 Å². The molecule has 0 heterocycles.